The Balaban J connectivity index is 2.28. The Hall–Kier alpha value is -2.18. The Morgan fingerprint density at radius 3 is 2.52 bits per heavy atom. The van der Waals surface area contributed by atoms with E-state index in [4.69, 9.17) is 23.2 Å². The zero-order chi connectivity index (χ0) is 15.6. The third-order valence-corrected chi connectivity index (χ3v) is 3.06. The van der Waals surface area contributed by atoms with Crippen LogP contribution in [0.25, 0.3) is 0 Å². The summed E-state index contributed by atoms with van der Waals surface area (Å²) >= 11 is 11.3. The minimum absolute atomic E-state index is 0.0199. The molecule has 0 spiro atoms. The van der Waals surface area contributed by atoms with Crippen molar-refractivity contribution in [1.29, 1.82) is 0 Å². The first-order valence-corrected chi connectivity index (χ1v) is 6.34. The molecule has 21 heavy (non-hydrogen) atoms. The number of benzene rings is 2. The molecule has 1 N–H and O–H groups in total. The van der Waals surface area contributed by atoms with Crippen LogP contribution in [0.2, 0.25) is 10.0 Å². The fourth-order valence-corrected chi connectivity index (χ4v) is 2.03. The van der Waals surface area contributed by atoms with E-state index in [0.717, 1.165) is 18.2 Å². The number of rotatable bonds is 3. The van der Waals surface area contributed by atoms with Crippen molar-refractivity contribution in [1.82, 2.24) is 0 Å². The molecule has 0 aromatic heterocycles. The maximum atomic E-state index is 13.2. The average molecular weight is 329 g/mol. The van der Waals surface area contributed by atoms with E-state index in [1.54, 1.807) is 0 Å². The van der Waals surface area contributed by atoms with Gasteiger partial charge in [0.2, 0.25) is 0 Å². The molecule has 0 bridgehead atoms. The maximum absolute atomic E-state index is 13.2. The Kier molecular flexibility index (Phi) is 4.40. The van der Waals surface area contributed by atoms with Crippen LogP contribution in [0.15, 0.2) is 36.4 Å². The van der Waals surface area contributed by atoms with Crippen LogP contribution in [0.5, 0.6) is 0 Å². The van der Waals surface area contributed by atoms with E-state index in [0.29, 0.717) is 0 Å². The lowest BCUT2D eigenvalue weighted by Gasteiger charge is -2.06. The molecule has 0 aliphatic heterocycles. The molecule has 5 nitrogen and oxygen atoms in total. The summed E-state index contributed by atoms with van der Waals surface area (Å²) in [4.78, 5) is 22.1. The van der Waals surface area contributed by atoms with Crippen LogP contribution in [0.3, 0.4) is 0 Å². The molecule has 0 unspecified atom stereocenters. The third-order valence-electron chi connectivity index (χ3n) is 2.53. The SMILES string of the molecule is O=C(Nc1cc(F)cc(Cl)c1)c1ccc(Cl)c([N+](=O)[O-])c1. The van der Waals surface area contributed by atoms with Crippen LogP contribution < -0.4 is 5.32 Å². The van der Waals surface area contributed by atoms with Gasteiger partial charge in [-0.2, -0.15) is 0 Å². The van der Waals surface area contributed by atoms with E-state index in [1.165, 1.54) is 18.2 Å². The summed E-state index contributed by atoms with van der Waals surface area (Å²) in [6.07, 6.45) is 0. The van der Waals surface area contributed by atoms with Crippen molar-refractivity contribution < 1.29 is 14.1 Å². The molecule has 0 saturated carbocycles. The van der Waals surface area contributed by atoms with Crippen molar-refractivity contribution in [2.24, 2.45) is 0 Å². The molecule has 108 valence electrons. The number of nitrogens with zero attached hydrogens (tertiary/aromatic N) is 1. The number of hydrogen-bond acceptors (Lipinski definition) is 3. The fraction of sp³-hybridized carbons (Fsp3) is 0. The van der Waals surface area contributed by atoms with Crippen molar-refractivity contribution in [2.45, 2.75) is 0 Å². The lowest BCUT2D eigenvalue weighted by molar-refractivity contribution is -0.384. The van der Waals surface area contributed by atoms with Gasteiger partial charge in [-0.05, 0) is 30.3 Å². The summed E-state index contributed by atoms with van der Waals surface area (Å²) in [5.41, 5.74) is -0.226. The molecule has 2 rings (SSSR count). The van der Waals surface area contributed by atoms with Gasteiger partial charge in [0, 0.05) is 22.3 Å². The van der Waals surface area contributed by atoms with Crippen LogP contribution in [0.1, 0.15) is 10.4 Å². The second kappa shape index (κ2) is 6.07. The standard InChI is InChI=1S/C13H7Cl2FN2O3/c14-8-4-9(16)6-10(5-8)17-13(19)7-1-2-11(15)12(3-7)18(20)21/h1-6H,(H,17,19). The second-order valence-corrected chi connectivity index (χ2v) is 4.88. The van der Waals surface area contributed by atoms with Gasteiger partial charge in [0.05, 0.1) is 4.92 Å². The summed E-state index contributed by atoms with van der Waals surface area (Å²) in [6, 6.07) is 7.13. The van der Waals surface area contributed by atoms with Crippen LogP contribution in [0, 0.1) is 15.9 Å². The molecular formula is C13H7Cl2FN2O3. The monoisotopic (exact) mass is 328 g/mol. The highest BCUT2D eigenvalue weighted by molar-refractivity contribution is 6.33. The molecule has 0 aliphatic carbocycles. The predicted octanol–water partition coefficient (Wildman–Crippen LogP) is 4.29. The molecule has 1 amide bonds. The van der Waals surface area contributed by atoms with Gasteiger partial charge in [-0.15, -0.1) is 0 Å². The zero-order valence-corrected chi connectivity index (χ0v) is 11.8. The van der Waals surface area contributed by atoms with Gasteiger partial charge in [-0.25, -0.2) is 4.39 Å². The third kappa shape index (κ3) is 3.68. The Morgan fingerprint density at radius 2 is 1.90 bits per heavy atom. The number of carbonyl (C=O) groups excluding carboxylic acids is 1. The number of halogens is 3. The number of amides is 1. The van der Waals surface area contributed by atoms with Gasteiger partial charge in [0.1, 0.15) is 10.8 Å². The van der Waals surface area contributed by atoms with Gasteiger partial charge in [0.25, 0.3) is 11.6 Å². The number of hydrogen-bond donors (Lipinski definition) is 1. The van der Waals surface area contributed by atoms with Gasteiger partial charge in [-0.3, -0.25) is 14.9 Å². The normalized spacial score (nSPS) is 10.2. The molecule has 0 aliphatic rings. The molecule has 8 heteroatoms. The lowest BCUT2D eigenvalue weighted by atomic mass is 10.2. The minimum atomic E-state index is -0.696. The molecule has 2 aromatic rings. The highest BCUT2D eigenvalue weighted by Crippen LogP contribution is 2.26. The first-order valence-electron chi connectivity index (χ1n) is 5.58. The molecule has 2 aromatic carbocycles. The quantitative estimate of drug-likeness (QED) is 0.674. The second-order valence-electron chi connectivity index (χ2n) is 4.04. The summed E-state index contributed by atoms with van der Waals surface area (Å²) in [5.74, 6) is -1.25. The van der Waals surface area contributed by atoms with E-state index in [9.17, 15) is 19.3 Å². The lowest BCUT2D eigenvalue weighted by Crippen LogP contribution is -2.12. The number of nitro benzene ring substituents is 1. The Bertz CT molecular complexity index is 717. The summed E-state index contributed by atoms with van der Waals surface area (Å²) in [7, 11) is 0. The number of carbonyl (C=O) groups is 1. The topological polar surface area (TPSA) is 72.2 Å². The first kappa shape index (κ1) is 15.2. The zero-order valence-electron chi connectivity index (χ0n) is 10.3. The van der Waals surface area contributed by atoms with Gasteiger partial charge in [0.15, 0.2) is 0 Å². The van der Waals surface area contributed by atoms with Crippen molar-refractivity contribution in [3.05, 3.63) is 67.9 Å². The van der Waals surface area contributed by atoms with E-state index < -0.39 is 16.6 Å². The maximum Gasteiger partial charge on any atom is 0.288 e. The van der Waals surface area contributed by atoms with Crippen LogP contribution in [-0.2, 0) is 0 Å². The van der Waals surface area contributed by atoms with Crippen LogP contribution in [0.4, 0.5) is 15.8 Å². The molecule has 0 atom stereocenters. The summed E-state index contributed by atoms with van der Waals surface area (Å²) in [5, 5.41) is 13.2. The first-order chi connectivity index (χ1) is 9.86. The summed E-state index contributed by atoms with van der Waals surface area (Å²) < 4.78 is 13.2. The van der Waals surface area contributed by atoms with Crippen molar-refractivity contribution in [2.75, 3.05) is 5.32 Å². The number of anilines is 1. The van der Waals surface area contributed by atoms with Crippen LogP contribution in [-0.4, -0.2) is 10.8 Å². The Morgan fingerprint density at radius 1 is 1.19 bits per heavy atom. The van der Waals surface area contributed by atoms with E-state index in [-0.39, 0.29) is 27.0 Å². The number of nitro groups is 1. The minimum Gasteiger partial charge on any atom is -0.322 e. The predicted molar refractivity (Wildman–Crippen MR) is 77.5 cm³/mol. The van der Waals surface area contributed by atoms with Crippen molar-refractivity contribution in [3.8, 4) is 0 Å². The van der Waals surface area contributed by atoms with E-state index in [2.05, 4.69) is 5.32 Å². The highest BCUT2D eigenvalue weighted by Gasteiger charge is 2.16. The van der Waals surface area contributed by atoms with Gasteiger partial charge < -0.3 is 5.32 Å². The summed E-state index contributed by atoms with van der Waals surface area (Å²) in [6.45, 7) is 0. The van der Waals surface area contributed by atoms with Crippen LogP contribution >= 0.6 is 23.2 Å². The van der Waals surface area contributed by atoms with E-state index in [1.807, 2.05) is 0 Å². The molecule has 0 fully saturated rings. The number of nitrogens with one attached hydrogen (secondary N) is 1. The smallest absolute Gasteiger partial charge is 0.288 e. The molecule has 0 heterocycles. The highest BCUT2D eigenvalue weighted by atomic mass is 35.5. The molecule has 0 saturated heterocycles. The largest absolute Gasteiger partial charge is 0.322 e. The van der Waals surface area contributed by atoms with Gasteiger partial charge >= 0.3 is 0 Å². The average Bonchev–Trinajstić information content (AvgIpc) is 2.37. The Labute approximate surface area is 128 Å². The van der Waals surface area contributed by atoms with Crippen molar-refractivity contribution >= 4 is 40.5 Å². The molecule has 0 radical (unpaired) electrons. The van der Waals surface area contributed by atoms with Gasteiger partial charge in [-0.1, -0.05) is 23.2 Å². The van der Waals surface area contributed by atoms with E-state index >= 15 is 0 Å². The molecular weight excluding hydrogens is 322 g/mol. The van der Waals surface area contributed by atoms with Crippen molar-refractivity contribution in [3.63, 3.8) is 0 Å². The fourth-order valence-electron chi connectivity index (χ4n) is 1.62.